The van der Waals surface area contributed by atoms with Gasteiger partial charge in [-0.2, -0.15) is 0 Å². The molecule has 0 unspecified atom stereocenters. The molecule has 0 radical (unpaired) electrons. The Kier molecular flexibility index (Phi) is 5.71. The fourth-order valence-electron chi connectivity index (χ4n) is 2.27. The molecule has 2 N–H and O–H groups in total. The Labute approximate surface area is 157 Å². The summed E-state index contributed by atoms with van der Waals surface area (Å²) in [4.78, 5) is 15.3. The van der Waals surface area contributed by atoms with Crippen molar-refractivity contribution in [3.8, 4) is 5.75 Å². The van der Waals surface area contributed by atoms with Gasteiger partial charge in [0.15, 0.2) is 0 Å². The van der Waals surface area contributed by atoms with Crippen LogP contribution in [0.3, 0.4) is 0 Å². The molecule has 0 aliphatic heterocycles. The lowest BCUT2D eigenvalue weighted by molar-refractivity contribution is -0.114. The average molecular weight is 368 g/mol. The van der Waals surface area contributed by atoms with Crippen LogP contribution in [0, 0.1) is 0 Å². The first-order chi connectivity index (χ1) is 12.6. The number of carbonyl (C=O) groups is 1. The predicted octanol–water partition coefficient (Wildman–Crippen LogP) is 5.02. The molecule has 132 valence electrons. The van der Waals surface area contributed by atoms with Gasteiger partial charge in [0.25, 0.3) is 0 Å². The molecule has 0 bridgehead atoms. The van der Waals surface area contributed by atoms with Crippen molar-refractivity contribution in [2.45, 2.75) is 13.5 Å². The Balaban J connectivity index is 1.55. The monoisotopic (exact) mass is 367 g/mol. The van der Waals surface area contributed by atoms with Gasteiger partial charge in [0.2, 0.25) is 5.91 Å². The number of carbonyl (C=O) groups excluding carboxylic acids is 1. The molecule has 0 saturated heterocycles. The molecule has 1 amide bonds. The average Bonchev–Trinajstić information content (AvgIpc) is 2.64. The van der Waals surface area contributed by atoms with E-state index in [9.17, 15) is 4.79 Å². The molecule has 5 nitrogen and oxygen atoms in total. The number of ether oxygens (including phenoxy) is 1. The Morgan fingerprint density at radius 2 is 1.69 bits per heavy atom. The zero-order chi connectivity index (χ0) is 18.4. The molecule has 0 fully saturated rings. The lowest BCUT2D eigenvalue weighted by Crippen LogP contribution is -2.06. The lowest BCUT2D eigenvalue weighted by Gasteiger charge is -2.09. The number of rotatable bonds is 6. The van der Waals surface area contributed by atoms with E-state index in [1.165, 1.54) is 6.92 Å². The third-order valence-corrected chi connectivity index (χ3v) is 3.78. The minimum absolute atomic E-state index is 0.123. The van der Waals surface area contributed by atoms with E-state index in [0.717, 1.165) is 17.0 Å². The fraction of sp³-hybridized carbons (Fsp3) is 0.100. The van der Waals surface area contributed by atoms with Crippen molar-refractivity contribution in [1.82, 2.24) is 4.98 Å². The molecule has 0 saturated carbocycles. The minimum Gasteiger partial charge on any atom is -0.489 e. The molecular formula is C20H18ClN3O2. The van der Waals surface area contributed by atoms with Crippen LogP contribution in [0.25, 0.3) is 0 Å². The van der Waals surface area contributed by atoms with Gasteiger partial charge in [-0.25, -0.2) is 4.98 Å². The predicted molar refractivity (Wildman–Crippen MR) is 104 cm³/mol. The van der Waals surface area contributed by atoms with E-state index in [2.05, 4.69) is 15.6 Å². The number of aromatic nitrogens is 1. The molecule has 0 aliphatic rings. The zero-order valence-electron chi connectivity index (χ0n) is 14.2. The normalized spacial score (nSPS) is 10.2. The van der Waals surface area contributed by atoms with Crippen molar-refractivity contribution in [3.05, 3.63) is 77.4 Å². The van der Waals surface area contributed by atoms with Crippen molar-refractivity contribution >= 4 is 34.7 Å². The highest BCUT2D eigenvalue weighted by Crippen LogP contribution is 2.21. The van der Waals surface area contributed by atoms with Crippen LogP contribution in [0.4, 0.5) is 17.2 Å². The van der Waals surface area contributed by atoms with Gasteiger partial charge in [-0.15, -0.1) is 0 Å². The number of nitrogens with zero attached hydrogens (tertiary/aromatic N) is 1. The van der Waals surface area contributed by atoms with Crippen LogP contribution >= 0.6 is 11.6 Å². The van der Waals surface area contributed by atoms with Crippen LogP contribution in [0.2, 0.25) is 5.02 Å². The second-order valence-electron chi connectivity index (χ2n) is 5.68. The molecule has 1 aromatic heterocycles. The molecule has 26 heavy (non-hydrogen) atoms. The van der Waals surface area contributed by atoms with Crippen LogP contribution in [0.5, 0.6) is 5.75 Å². The van der Waals surface area contributed by atoms with Crippen molar-refractivity contribution in [3.63, 3.8) is 0 Å². The number of hydrogen-bond donors (Lipinski definition) is 2. The molecule has 0 spiro atoms. The number of benzene rings is 2. The highest BCUT2D eigenvalue weighted by Gasteiger charge is 2.01. The molecular weight excluding hydrogens is 350 g/mol. The maximum absolute atomic E-state index is 11.0. The zero-order valence-corrected chi connectivity index (χ0v) is 15.0. The molecule has 2 aromatic carbocycles. The summed E-state index contributed by atoms with van der Waals surface area (Å²) in [6.45, 7) is 1.94. The van der Waals surface area contributed by atoms with Gasteiger partial charge in [-0.05, 0) is 54.1 Å². The smallest absolute Gasteiger partial charge is 0.221 e. The first kappa shape index (κ1) is 17.8. The summed E-state index contributed by atoms with van der Waals surface area (Å²) in [5.74, 6) is 1.34. The van der Waals surface area contributed by atoms with E-state index in [1.54, 1.807) is 18.3 Å². The first-order valence-corrected chi connectivity index (χ1v) is 8.44. The van der Waals surface area contributed by atoms with Gasteiger partial charge >= 0.3 is 0 Å². The third-order valence-electron chi connectivity index (χ3n) is 3.53. The first-order valence-electron chi connectivity index (χ1n) is 8.06. The van der Waals surface area contributed by atoms with Crippen LogP contribution in [-0.4, -0.2) is 10.9 Å². The second kappa shape index (κ2) is 8.36. The molecule has 1 heterocycles. The summed E-state index contributed by atoms with van der Waals surface area (Å²) >= 11 is 5.87. The number of amides is 1. The van der Waals surface area contributed by atoms with Crippen molar-refractivity contribution < 1.29 is 9.53 Å². The summed E-state index contributed by atoms with van der Waals surface area (Å²) in [6.07, 6.45) is 1.60. The summed E-state index contributed by atoms with van der Waals surface area (Å²) in [6, 6.07) is 18.8. The van der Waals surface area contributed by atoms with E-state index in [-0.39, 0.29) is 5.91 Å². The third kappa shape index (κ3) is 5.22. The van der Waals surface area contributed by atoms with E-state index < -0.39 is 0 Å². The van der Waals surface area contributed by atoms with Gasteiger partial charge in [0.05, 0.1) is 11.9 Å². The van der Waals surface area contributed by atoms with Crippen molar-refractivity contribution in [1.29, 1.82) is 0 Å². The molecule has 6 heteroatoms. The highest BCUT2D eigenvalue weighted by atomic mass is 35.5. The summed E-state index contributed by atoms with van der Waals surface area (Å²) in [7, 11) is 0. The summed E-state index contributed by atoms with van der Waals surface area (Å²) in [5, 5.41) is 6.59. The maximum Gasteiger partial charge on any atom is 0.221 e. The highest BCUT2D eigenvalue weighted by molar-refractivity contribution is 6.30. The van der Waals surface area contributed by atoms with Gasteiger partial charge in [0, 0.05) is 17.6 Å². The molecule has 0 atom stereocenters. The van der Waals surface area contributed by atoms with Gasteiger partial charge in [0.1, 0.15) is 18.2 Å². The van der Waals surface area contributed by atoms with E-state index in [1.807, 2.05) is 48.5 Å². The van der Waals surface area contributed by atoms with E-state index in [4.69, 9.17) is 16.3 Å². The van der Waals surface area contributed by atoms with Gasteiger partial charge in [-0.3, -0.25) is 4.79 Å². The largest absolute Gasteiger partial charge is 0.489 e. The topological polar surface area (TPSA) is 63.2 Å². The van der Waals surface area contributed by atoms with Crippen LogP contribution in [-0.2, 0) is 11.4 Å². The van der Waals surface area contributed by atoms with Crippen molar-refractivity contribution in [2.75, 3.05) is 10.6 Å². The number of hydrogen-bond acceptors (Lipinski definition) is 4. The standard InChI is InChI=1S/C20H18ClN3O2/c1-14(25)23-18-8-11-20(22-12-18)24-17-6-9-19(10-7-17)26-13-15-2-4-16(21)5-3-15/h2-12H,13H2,1H3,(H,22,24)(H,23,25). The molecule has 3 aromatic rings. The lowest BCUT2D eigenvalue weighted by atomic mass is 10.2. The maximum atomic E-state index is 11.0. The van der Waals surface area contributed by atoms with Gasteiger partial charge in [-0.1, -0.05) is 23.7 Å². The second-order valence-corrected chi connectivity index (χ2v) is 6.11. The van der Waals surface area contributed by atoms with Crippen LogP contribution in [0.15, 0.2) is 66.9 Å². The number of pyridine rings is 1. The van der Waals surface area contributed by atoms with Crippen molar-refractivity contribution in [2.24, 2.45) is 0 Å². The Morgan fingerprint density at radius 3 is 2.31 bits per heavy atom. The fourth-order valence-corrected chi connectivity index (χ4v) is 2.40. The quantitative estimate of drug-likeness (QED) is 0.642. The number of nitrogens with one attached hydrogen (secondary N) is 2. The molecule has 3 rings (SSSR count). The number of halogens is 1. The van der Waals surface area contributed by atoms with Crippen LogP contribution in [0.1, 0.15) is 12.5 Å². The number of anilines is 3. The Hall–Kier alpha value is -3.05. The summed E-state index contributed by atoms with van der Waals surface area (Å²) in [5.41, 5.74) is 2.61. The minimum atomic E-state index is -0.123. The SMILES string of the molecule is CC(=O)Nc1ccc(Nc2ccc(OCc3ccc(Cl)cc3)cc2)nc1. The Morgan fingerprint density at radius 1 is 1.00 bits per heavy atom. The Bertz CT molecular complexity index is 863. The van der Waals surface area contributed by atoms with Crippen LogP contribution < -0.4 is 15.4 Å². The van der Waals surface area contributed by atoms with E-state index in [0.29, 0.717) is 23.1 Å². The summed E-state index contributed by atoms with van der Waals surface area (Å²) < 4.78 is 5.76. The van der Waals surface area contributed by atoms with Gasteiger partial charge < -0.3 is 15.4 Å². The molecule has 0 aliphatic carbocycles. The van der Waals surface area contributed by atoms with E-state index >= 15 is 0 Å².